The van der Waals surface area contributed by atoms with Gasteiger partial charge in [0.1, 0.15) is 11.9 Å². The fourth-order valence-electron chi connectivity index (χ4n) is 4.03. The van der Waals surface area contributed by atoms with Gasteiger partial charge in [-0.3, -0.25) is 4.79 Å². The summed E-state index contributed by atoms with van der Waals surface area (Å²) in [5.74, 6) is 0.669. The molecule has 2 heterocycles. The Bertz CT molecular complexity index is 997. The fourth-order valence-corrected chi connectivity index (χ4v) is 4.90. The second-order valence-electron chi connectivity index (χ2n) is 7.75. The predicted octanol–water partition coefficient (Wildman–Crippen LogP) is 2.69. The quantitative estimate of drug-likeness (QED) is 0.772. The summed E-state index contributed by atoms with van der Waals surface area (Å²) in [5.41, 5.74) is 3.14. The number of amides is 1. The molecular formula is C22H26N2O4S. The maximum absolute atomic E-state index is 13.0. The zero-order valence-corrected chi connectivity index (χ0v) is 17.4. The van der Waals surface area contributed by atoms with Gasteiger partial charge in [0.25, 0.3) is 5.91 Å². The Hall–Kier alpha value is -2.38. The Morgan fingerprint density at radius 2 is 1.72 bits per heavy atom. The molecule has 0 spiro atoms. The van der Waals surface area contributed by atoms with Gasteiger partial charge in [-0.1, -0.05) is 30.3 Å². The van der Waals surface area contributed by atoms with Gasteiger partial charge in [-0.15, -0.1) is 0 Å². The van der Waals surface area contributed by atoms with Crippen LogP contribution < -0.4 is 4.74 Å². The van der Waals surface area contributed by atoms with Crippen molar-refractivity contribution in [1.82, 2.24) is 9.21 Å². The minimum atomic E-state index is -3.15. The van der Waals surface area contributed by atoms with Gasteiger partial charge >= 0.3 is 0 Å². The topological polar surface area (TPSA) is 66.9 Å². The van der Waals surface area contributed by atoms with Gasteiger partial charge in [0.2, 0.25) is 10.0 Å². The third-order valence-corrected chi connectivity index (χ3v) is 6.97. The maximum atomic E-state index is 13.0. The van der Waals surface area contributed by atoms with Crippen LogP contribution in [0.2, 0.25) is 0 Å². The van der Waals surface area contributed by atoms with Crippen LogP contribution in [0.15, 0.2) is 48.5 Å². The Labute approximate surface area is 172 Å². The molecule has 154 valence electrons. The molecule has 0 radical (unpaired) electrons. The molecule has 2 aromatic rings. The maximum Gasteiger partial charge on any atom is 0.254 e. The van der Waals surface area contributed by atoms with E-state index >= 15 is 0 Å². The van der Waals surface area contributed by atoms with Crippen molar-refractivity contribution in [3.05, 3.63) is 65.2 Å². The summed E-state index contributed by atoms with van der Waals surface area (Å²) in [5, 5.41) is 0. The van der Waals surface area contributed by atoms with E-state index in [1.54, 1.807) is 6.07 Å². The summed E-state index contributed by atoms with van der Waals surface area (Å²) >= 11 is 0. The summed E-state index contributed by atoms with van der Waals surface area (Å²) < 4.78 is 30.8. The smallest absolute Gasteiger partial charge is 0.254 e. The highest BCUT2D eigenvalue weighted by molar-refractivity contribution is 7.88. The van der Waals surface area contributed by atoms with Crippen molar-refractivity contribution in [2.24, 2.45) is 0 Å². The van der Waals surface area contributed by atoms with Crippen LogP contribution in [0.5, 0.6) is 5.75 Å². The number of benzene rings is 2. The highest BCUT2D eigenvalue weighted by atomic mass is 32.2. The van der Waals surface area contributed by atoms with E-state index < -0.39 is 10.0 Å². The Morgan fingerprint density at radius 1 is 1.00 bits per heavy atom. The largest absolute Gasteiger partial charge is 0.490 e. The molecule has 4 rings (SSSR count). The molecule has 2 aromatic carbocycles. The van der Waals surface area contributed by atoms with Crippen molar-refractivity contribution in [3.63, 3.8) is 0 Å². The van der Waals surface area contributed by atoms with Crippen molar-refractivity contribution in [1.29, 1.82) is 0 Å². The lowest BCUT2D eigenvalue weighted by atomic mass is 9.99. The molecular weight excluding hydrogens is 388 g/mol. The van der Waals surface area contributed by atoms with Crippen LogP contribution in [-0.4, -0.2) is 55.5 Å². The highest BCUT2D eigenvalue weighted by Gasteiger charge is 2.26. The fraction of sp³-hybridized carbons (Fsp3) is 0.409. The van der Waals surface area contributed by atoms with Crippen LogP contribution in [-0.2, 0) is 23.0 Å². The predicted molar refractivity (Wildman–Crippen MR) is 111 cm³/mol. The Morgan fingerprint density at radius 3 is 2.45 bits per heavy atom. The van der Waals surface area contributed by atoms with E-state index in [-0.39, 0.29) is 12.0 Å². The Balaban J connectivity index is 1.40. The number of carbonyl (C=O) groups excluding carboxylic acids is 1. The molecule has 1 fully saturated rings. The summed E-state index contributed by atoms with van der Waals surface area (Å²) in [6.45, 7) is 2.28. The van der Waals surface area contributed by atoms with Crippen LogP contribution in [0.3, 0.4) is 0 Å². The average Bonchev–Trinajstić information content (AvgIpc) is 2.73. The first-order valence-corrected chi connectivity index (χ1v) is 11.8. The van der Waals surface area contributed by atoms with E-state index in [4.69, 9.17) is 4.74 Å². The lowest BCUT2D eigenvalue weighted by Crippen LogP contribution is -2.41. The van der Waals surface area contributed by atoms with Crippen LogP contribution in [0.25, 0.3) is 0 Å². The van der Waals surface area contributed by atoms with Gasteiger partial charge in [0.05, 0.1) is 6.26 Å². The van der Waals surface area contributed by atoms with Gasteiger partial charge in [-0.2, -0.15) is 0 Å². The molecule has 1 amide bonds. The molecule has 0 bridgehead atoms. The van der Waals surface area contributed by atoms with E-state index in [2.05, 4.69) is 12.1 Å². The molecule has 29 heavy (non-hydrogen) atoms. The average molecular weight is 415 g/mol. The minimum absolute atomic E-state index is 0.0110. The van der Waals surface area contributed by atoms with Gasteiger partial charge in [0, 0.05) is 31.7 Å². The summed E-state index contributed by atoms with van der Waals surface area (Å²) in [4.78, 5) is 14.9. The minimum Gasteiger partial charge on any atom is -0.490 e. The first-order chi connectivity index (χ1) is 13.9. The van der Waals surface area contributed by atoms with Crippen LogP contribution in [0, 0.1) is 0 Å². The summed E-state index contributed by atoms with van der Waals surface area (Å²) in [7, 11) is -3.15. The monoisotopic (exact) mass is 414 g/mol. The molecule has 0 saturated carbocycles. The zero-order chi connectivity index (χ0) is 20.4. The molecule has 7 heteroatoms. The molecule has 2 aliphatic heterocycles. The standard InChI is InChI=1S/C22H26N2O4S/c1-29(26,27)24-13-10-20(11-14-24)28-21-8-4-7-18(15-21)22(25)23-12-9-17-5-2-3-6-19(17)16-23/h2-8,15,20H,9-14,16H2,1H3. The van der Waals surface area contributed by atoms with E-state index in [1.165, 1.54) is 21.7 Å². The summed E-state index contributed by atoms with van der Waals surface area (Å²) in [6, 6.07) is 15.6. The lowest BCUT2D eigenvalue weighted by molar-refractivity contribution is 0.0733. The molecule has 6 nitrogen and oxygen atoms in total. The number of rotatable bonds is 4. The molecule has 0 aromatic heterocycles. The van der Waals surface area contributed by atoms with Gasteiger partial charge < -0.3 is 9.64 Å². The molecule has 0 N–H and O–H groups in total. The first-order valence-electron chi connectivity index (χ1n) is 9.98. The van der Waals surface area contributed by atoms with Crippen molar-refractivity contribution >= 4 is 15.9 Å². The zero-order valence-electron chi connectivity index (χ0n) is 16.6. The molecule has 0 aliphatic carbocycles. The number of hydrogen-bond acceptors (Lipinski definition) is 4. The third kappa shape index (κ3) is 4.62. The van der Waals surface area contributed by atoms with Crippen LogP contribution in [0.1, 0.15) is 34.3 Å². The number of piperidine rings is 1. The molecule has 0 unspecified atom stereocenters. The van der Waals surface area contributed by atoms with E-state index in [9.17, 15) is 13.2 Å². The van der Waals surface area contributed by atoms with Gasteiger partial charge in [0.15, 0.2) is 0 Å². The third-order valence-electron chi connectivity index (χ3n) is 5.67. The number of fused-ring (bicyclic) bond motifs is 1. The van der Waals surface area contributed by atoms with E-state index in [0.717, 1.165) is 6.42 Å². The number of sulfonamides is 1. The van der Waals surface area contributed by atoms with E-state index in [0.29, 0.717) is 50.3 Å². The second-order valence-corrected chi connectivity index (χ2v) is 9.73. The SMILES string of the molecule is CS(=O)(=O)N1CCC(Oc2cccc(C(=O)N3CCc4ccccc4C3)c2)CC1. The van der Waals surface area contributed by atoms with E-state index in [1.807, 2.05) is 35.2 Å². The van der Waals surface area contributed by atoms with Gasteiger partial charge in [-0.05, 0) is 48.6 Å². The Kier molecular flexibility index (Phi) is 5.61. The van der Waals surface area contributed by atoms with Gasteiger partial charge in [-0.25, -0.2) is 12.7 Å². The first kappa shape index (κ1) is 19.9. The lowest BCUT2D eigenvalue weighted by Gasteiger charge is -2.31. The highest BCUT2D eigenvalue weighted by Crippen LogP contribution is 2.24. The summed E-state index contributed by atoms with van der Waals surface area (Å²) in [6.07, 6.45) is 3.36. The molecule has 2 aliphatic rings. The second kappa shape index (κ2) is 8.16. The number of ether oxygens (including phenoxy) is 1. The van der Waals surface area contributed by atoms with Crippen molar-refractivity contribution in [3.8, 4) is 5.75 Å². The molecule has 1 saturated heterocycles. The van der Waals surface area contributed by atoms with Crippen molar-refractivity contribution < 1.29 is 17.9 Å². The number of hydrogen-bond donors (Lipinski definition) is 0. The van der Waals surface area contributed by atoms with Crippen LogP contribution in [0.4, 0.5) is 0 Å². The van der Waals surface area contributed by atoms with Crippen molar-refractivity contribution in [2.75, 3.05) is 25.9 Å². The normalized spacial score (nSPS) is 18.3. The number of carbonyl (C=O) groups is 1. The molecule has 0 atom stereocenters. The van der Waals surface area contributed by atoms with Crippen LogP contribution >= 0.6 is 0 Å². The number of nitrogens with zero attached hydrogens (tertiary/aromatic N) is 2. The van der Waals surface area contributed by atoms with Crippen molar-refractivity contribution in [2.45, 2.75) is 31.9 Å².